The number of ether oxygens (including phenoxy) is 1. The number of hydrogen-bond donors (Lipinski definition) is 0. The summed E-state index contributed by atoms with van der Waals surface area (Å²) < 4.78 is 6.55. The van der Waals surface area contributed by atoms with Crippen molar-refractivity contribution in [3.63, 3.8) is 0 Å². The van der Waals surface area contributed by atoms with Gasteiger partial charge in [-0.3, -0.25) is 0 Å². The van der Waals surface area contributed by atoms with Crippen LogP contribution in [0.25, 0.3) is 54.2 Å². The lowest BCUT2D eigenvalue weighted by Crippen LogP contribution is -2.15. The van der Waals surface area contributed by atoms with Crippen LogP contribution in [0.2, 0.25) is 0 Å². The zero-order valence-electron chi connectivity index (χ0n) is 29.9. The molecular formula is C52H34N2O. The van der Waals surface area contributed by atoms with E-state index in [2.05, 4.69) is 204 Å². The Morgan fingerprint density at radius 2 is 0.909 bits per heavy atom. The topological polar surface area (TPSA) is 15.7 Å². The largest absolute Gasteiger partial charge is 0.453 e. The maximum absolute atomic E-state index is 6.55. The summed E-state index contributed by atoms with van der Waals surface area (Å²) >= 11 is 0. The molecule has 10 aromatic carbocycles. The second-order valence-corrected chi connectivity index (χ2v) is 14.1. The fourth-order valence-corrected chi connectivity index (χ4v) is 8.46. The molecule has 0 radical (unpaired) electrons. The lowest BCUT2D eigenvalue weighted by molar-refractivity contribution is 0.477. The van der Waals surface area contributed by atoms with E-state index in [0.29, 0.717) is 0 Å². The van der Waals surface area contributed by atoms with Crippen LogP contribution in [0, 0.1) is 0 Å². The van der Waals surface area contributed by atoms with Crippen LogP contribution in [0.1, 0.15) is 0 Å². The molecule has 3 nitrogen and oxygen atoms in total. The molecule has 0 saturated heterocycles. The SMILES string of the molecule is c1ccc(N2c3ccccc3Oc3cc(-c4ccc(N(c5ccc6c7ccccc7c7ccccc7c6c5)c5cccc6ccccc56)cc4)ccc32)cc1. The van der Waals surface area contributed by atoms with Gasteiger partial charge in [0.2, 0.25) is 0 Å². The minimum atomic E-state index is 0.831. The smallest absolute Gasteiger partial charge is 0.152 e. The summed E-state index contributed by atoms with van der Waals surface area (Å²) in [6.45, 7) is 0. The van der Waals surface area contributed by atoms with Gasteiger partial charge in [-0.15, -0.1) is 0 Å². The first-order chi connectivity index (χ1) is 27.3. The molecular weight excluding hydrogens is 669 g/mol. The van der Waals surface area contributed by atoms with Gasteiger partial charge < -0.3 is 14.5 Å². The Morgan fingerprint density at radius 3 is 1.67 bits per heavy atom. The van der Waals surface area contributed by atoms with Crippen LogP contribution in [0.3, 0.4) is 0 Å². The van der Waals surface area contributed by atoms with Crippen LogP contribution in [-0.2, 0) is 0 Å². The van der Waals surface area contributed by atoms with E-state index in [-0.39, 0.29) is 0 Å². The number of anilines is 6. The molecule has 3 heteroatoms. The molecule has 1 aliphatic heterocycles. The second-order valence-electron chi connectivity index (χ2n) is 14.1. The van der Waals surface area contributed by atoms with Crippen molar-refractivity contribution in [1.29, 1.82) is 0 Å². The van der Waals surface area contributed by atoms with E-state index >= 15 is 0 Å². The van der Waals surface area contributed by atoms with Gasteiger partial charge >= 0.3 is 0 Å². The molecule has 0 atom stereocenters. The van der Waals surface area contributed by atoms with Gasteiger partial charge in [-0.05, 0) is 116 Å². The third-order valence-corrected chi connectivity index (χ3v) is 11.0. The fraction of sp³-hybridized carbons (Fsp3) is 0. The maximum atomic E-state index is 6.55. The van der Waals surface area contributed by atoms with E-state index in [0.717, 1.165) is 56.8 Å². The zero-order valence-corrected chi connectivity index (χ0v) is 29.9. The lowest BCUT2D eigenvalue weighted by atomic mass is 9.94. The highest BCUT2D eigenvalue weighted by atomic mass is 16.5. The molecule has 0 aliphatic carbocycles. The molecule has 10 aromatic rings. The van der Waals surface area contributed by atoms with E-state index in [4.69, 9.17) is 4.74 Å². The Labute approximate surface area is 319 Å². The van der Waals surface area contributed by atoms with Gasteiger partial charge in [0, 0.05) is 22.4 Å². The predicted octanol–water partition coefficient (Wildman–Crippen LogP) is 15.0. The van der Waals surface area contributed by atoms with Crippen LogP contribution in [0.15, 0.2) is 206 Å². The molecule has 1 aliphatic rings. The molecule has 0 bridgehead atoms. The highest BCUT2D eigenvalue weighted by molar-refractivity contribution is 6.26. The maximum Gasteiger partial charge on any atom is 0.152 e. The number of nitrogens with zero attached hydrogens (tertiary/aromatic N) is 2. The van der Waals surface area contributed by atoms with Crippen LogP contribution in [0.5, 0.6) is 11.5 Å². The van der Waals surface area contributed by atoms with Crippen molar-refractivity contribution < 1.29 is 4.74 Å². The van der Waals surface area contributed by atoms with Crippen molar-refractivity contribution in [3.8, 4) is 22.6 Å². The van der Waals surface area contributed by atoms with Crippen molar-refractivity contribution in [2.75, 3.05) is 9.80 Å². The molecule has 0 N–H and O–H groups in total. The first-order valence-corrected chi connectivity index (χ1v) is 18.8. The molecule has 258 valence electrons. The third kappa shape index (κ3) is 5.13. The second kappa shape index (κ2) is 12.6. The highest BCUT2D eigenvalue weighted by Crippen LogP contribution is 2.51. The van der Waals surface area contributed by atoms with Gasteiger partial charge in [-0.1, -0.05) is 140 Å². The summed E-state index contributed by atoms with van der Waals surface area (Å²) in [4.78, 5) is 4.68. The van der Waals surface area contributed by atoms with Crippen LogP contribution in [-0.4, -0.2) is 0 Å². The van der Waals surface area contributed by atoms with Crippen LogP contribution in [0.4, 0.5) is 34.1 Å². The number of rotatable bonds is 5. The van der Waals surface area contributed by atoms with Gasteiger partial charge in [-0.25, -0.2) is 0 Å². The number of benzene rings is 10. The Bertz CT molecular complexity index is 3040. The van der Waals surface area contributed by atoms with Gasteiger partial charge in [-0.2, -0.15) is 0 Å². The summed E-state index contributed by atoms with van der Waals surface area (Å²) in [5.74, 6) is 1.67. The quantitative estimate of drug-likeness (QED) is 0.166. The van der Waals surface area contributed by atoms with E-state index < -0.39 is 0 Å². The van der Waals surface area contributed by atoms with E-state index in [1.807, 2.05) is 12.1 Å². The average Bonchev–Trinajstić information content (AvgIpc) is 3.26. The van der Waals surface area contributed by atoms with Gasteiger partial charge in [0.05, 0.1) is 17.1 Å². The van der Waals surface area contributed by atoms with Crippen molar-refractivity contribution in [1.82, 2.24) is 0 Å². The Balaban J connectivity index is 1.04. The Morgan fingerprint density at radius 1 is 0.345 bits per heavy atom. The molecule has 55 heavy (non-hydrogen) atoms. The molecule has 11 rings (SSSR count). The minimum absolute atomic E-state index is 0.831. The standard InChI is InChI=1S/C52H34N2O/c1-2-15-38(16-3-1)54-49-22-10-11-24-51(49)55-52-33-37(27-32-50(52)54)35-25-28-39(29-26-35)53(48-23-12-14-36-13-4-5-17-41(36)48)40-30-31-46-44-20-7-6-18-42(44)43-19-8-9-21-45(43)47(46)34-40/h1-34H. The van der Waals surface area contributed by atoms with Crippen molar-refractivity contribution in [2.45, 2.75) is 0 Å². The van der Waals surface area contributed by atoms with E-state index in [1.165, 1.54) is 43.1 Å². The number of para-hydroxylation sites is 3. The summed E-state index contributed by atoms with van der Waals surface area (Å²) in [6, 6.07) is 73.9. The monoisotopic (exact) mass is 702 g/mol. The lowest BCUT2D eigenvalue weighted by Gasteiger charge is -2.33. The van der Waals surface area contributed by atoms with Crippen LogP contribution >= 0.6 is 0 Å². The first kappa shape index (κ1) is 31.2. The number of hydrogen-bond acceptors (Lipinski definition) is 3. The van der Waals surface area contributed by atoms with Gasteiger partial charge in [0.25, 0.3) is 0 Å². The molecule has 0 unspecified atom stereocenters. The number of fused-ring (bicyclic) bond motifs is 9. The average molecular weight is 703 g/mol. The zero-order chi connectivity index (χ0) is 36.3. The Kier molecular flexibility index (Phi) is 7.17. The first-order valence-electron chi connectivity index (χ1n) is 18.8. The van der Waals surface area contributed by atoms with Crippen molar-refractivity contribution in [2.24, 2.45) is 0 Å². The molecule has 0 amide bonds. The van der Waals surface area contributed by atoms with Crippen molar-refractivity contribution in [3.05, 3.63) is 206 Å². The summed E-state index contributed by atoms with van der Waals surface area (Å²) in [5, 5.41) is 10.00. The fourth-order valence-electron chi connectivity index (χ4n) is 8.46. The molecule has 0 aromatic heterocycles. The van der Waals surface area contributed by atoms with E-state index in [9.17, 15) is 0 Å². The highest BCUT2D eigenvalue weighted by Gasteiger charge is 2.26. The summed E-state index contributed by atoms with van der Waals surface area (Å²) in [7, 11) is 0. The summed E-state index contributed by atoms with van der Waals surface area (Å²) in [5.41, 5.74) is 8.69. The van der Waals surface area contributed by atoms with Gasteiger partial charge in [0.15, 0.2) is 11.5 Å². The molecule has 0 fully saturated rings. The van der Waals surface area contributed by atoms with Gasteiger partial charge in [0.1, 0.15) is 0 Å². The van der Waals surface area contributed by atoms with E-state index in [1.54, 1.807) is 0 Å². The normalized spacial score (nSPS) is 12.1. The third-order valence-electron chi connectivity index (χ3n) is 11.0. The molecule has 1 heterocycles. The minimum Gasteiger partial charge on any atom is -0.453 e. The Hall–Kier alpha value is -7.36. The predicted molar refractivity (Wildman–Crippen MR) is 231 cm³/mol. The van der Waals surface area contributed by atoms with Crippen molar-refractivity contribution >= 4 is 77.2 Å². The summed E-state index contributed by atoms with van der Waals surface area (Å²) in [6.07, 6.45) is 0. The molecule has 0 saturated carbocycles. The molecule has 0 spiro atoms. The van der Waals surface area contributed by atoms with Crippen LogP contribution < -0.4 is 14.5 Å².